The summed E-state index contributed by atoms with van der Waals surface area (Å²) in [5.74, 6) is 0.0282. The SMILES string of the molecule is Cc1ccnc(OCCN)c1[N+](=O)[O-]. The smallest absolute Gasteiger partial charge is 0.333 e. The van der Waals surface area contributed by atoms with E-state index in [1.54, 1.807) is 13.0 Å². The number of nitrogens with zero attached hydrogens (tertiary/aromatic N) is 2. The first-order valence-corrected chi connectivity index (χ1v) is 4.09. The zero-order valence-corrected chi connectivity index (χ0v) is 7.77. The fourth-order valence-electron chi connectivity index (χ4n) is 1.01. The summed E-state index contributed by atoms with van der Waals surface area (Å²) in [6.45, 7) is 2.15. The van der Waals surface area contributed by atoms with Crippen molar-refractivity contribution in [3.63, 3.8) is 0 Å². The van der Waals surface area contributed by atoms with Gasteiger partial charge < -0.3 is 10.5 Å². The van der Waals surface area contributed by atoms with Gasteiger partial charge in [0.25, 0.3) is 5.88 Å². The number of aryl methyl sites for hydroxylation is 1. The van der Waals surface area contributed by atoms with E-state index in [4.69, 9.17) is 10.5 Å². The zero-order chi connectivity index (χ0) is 10.6. The average Bonchev–Trinajstić information content (AvgIpc) is 2.14. The van der Waals surface area contributed by atoms with Crippen LogP contribution in [-0.2, 0) is 0 Å². The van der Waals surface area contributed by atoms with Gasteiger partial charge in [0, 0.05) is 18.3 Å². The highest BCUT2D eigenvalue weighted by atomic mass is 16.6. The van der Waals surface area contributed by atoms with Crippen LogP contribution in [0.2, 0.25) is 0 Å². The number of nitro groups is 1. The highest BCUT2D eigenvalue weighted by Gasteiger charge is 2.19. The molecule has 0 amide bonds. The topological polar surface area (TPSA) is 91.3 Å². The maximum atomic E-state index is 10.7. The molecule has 6 heteroatoms. The molecule has 0 aliphatic carbocycles. The van der Waals surface area contributed by atoms with Crippen LogP contribution >= 0.6 is 0 Å². The fourth-order valence-corrected chi connectivity index (χ4v) is 1.01. The molecule has 1 aromatic rings. The van der Waals surface area contributed by atoms with Gasteiger partial charge in [-0.05, 0) is 13.0 Å². The van der Waals surface area contributed by atoms with Gasteiger partial charge >= 0.3 is 5.69 Å². The number of hydrogen-bond donors (Lipinski definition) is 1. The summed E-state index contributed by atoms with van der Waals surface area (Å²) in [5, 5.41) is 10.7. The van der Waals surface area contributed by atoms with E-state index in [1.807, 2.05) is 0 Å². The average molecular weight is 197 g/mol. The van der Waals surface area contributed by atoms with Crippen molar-refractivity contribution in [1.82, 2.24) is 4.98 Å². The molecule has 0 saturated carbocycles. The molecule has 14 heavy (non-hydrogen) atoms. The summed E-state index contributed by atoms with van der Waals surface area (Å²) in [4.78, 5) is 13.9. The van der Waals surface area contributed by atoms with Crippen molar-refractivity contribution in [2.75, 3.05) is 13.2 Å². The molecule has 0 spiro atoms. The number of aromatic nitrogens is 1. The van der Waals surface area contributed by atoms with Crippen molar-refractivity contribution in [3.8, 4) is 5.88 Å². The Morgan fingerprint density at radius 1 is 1.71 bits per heavy atom. The number of hydrogen-bond acceptors (Lipinski definition) is 5. The van der Waals surface area contributed by atoms with E-state index in [9.17, 15) is 10.1 Å². The second-order valence-corrected chi connectivity index (χ2v) is 2.68. The van der Waals surface area contributed by atoms with Gasteiger partial charge in [0.1, 0.15) is 6.61 Å². The Morgan fingerprint density at radius 3 is 3.00 bits per heavy atom. The molecule has 0 aliphatic heterocycles. The van der Waals surface area contributed by atoms with Gasteiger partial charge in [0.05, 0.1) is 4.92 Å². The minimum atomic E-state index is -0.506. The molecular weight excluding hydrogens is 186 g/mol. The molecule has 0 aliphatic rings. The molecule has 0 fully saturated rings. The predicted molar refractivity (Wildman–Crippen MR) is 50.2 cm³/mol. The Balaban J connectivity index is 3.02. The maximum absolute atomic E-state index is 10.7. The lowest BCUT2D eigenvalue weighted by Crippen LogP contribution is -2.12. The van der Waals surface area contributed by atoms with Crippen LogP contribution < -0.4 is 10.5 Å². The highest BCUT2D eigenvalue weighted by Crippen LogP contribution is 2.27. The molecule has 1 aromatic heterocycles. The molecule has 0 aromatic carbocycles. The van der Waals surface area contributed by atoms with Crippen molar-refractivity contribution < 1.29 is 9.66 Å². The first-order valence-electron chi connectivity index (χ1n) is 4.09. The lowest BCUT2D eigenvalue weighted by molar-refractivity contribution is -0.386. The molecule has 0 saturated heterocycles. The zero-order valence-electron chi connectivity index (χ0n) is 7.77. The van der Waals surface area contributed by atoms with Gasteiger partial charge in [-0.15, -0.1) is 0 Å². The second-order valence-electron chi connectivity index (χ2n) is 2.68. The summed E-state index contributed by atoms with van der Waals surface area (Å²) >= 11 is 0. The molecule has 6 nitrogen and oxygen atoms in total. The van der Waals surface area contributed by atoms with Crippen molar-refractivity contribution in [1.29, 1.82) is 0 Å². The van der Waals surface area contributed by atoms with Crippen LogP contribution in [0.5, 0.6) is 5.88 Å². The van der Waals surface area contributed by atoms with E-state index in [-0.39, 0.29) is 18.2 Å². The van der Waals surface area contributed by atoms with Gasteiger partial charge in [-0.3, -0.25) is 10.1 Å². The predicted octanol–water partition coefficient (Wildman–Crippen LogP) is 0.636. The van der Waals surface area contributed by atoms with Crippen molar-refractivity contribution in [2.45, 2.75) is 6.92 Å². The van der Waals surface area contributed by atoms with E-state index in [0.717, 1.165) is 0 Å². The molecule has 0 atom stereocenters. The Bertz CT molecular complexity index is 341. The monoisotopic (exact) mass is 197 g/mol. The third kappa shape index (κ3) is 2.17. The Kier molecular flexibility index (Phi) is 3.35. The fraction of sp³-hybridized carbons (Fsp3) is 0.375. The first-order chi connectivity index (χ1) is 6.66. The Labute approximate surface area is 80.9 Å². The molecule has 1 rings (SSSR count). The molecule has 0 unspecified atom stereocenters. The number of nitrogens with two attached hydrogens (primary N) is 1. The molecular formula is C8H11N3O3. The van der Waals surface area contributed by atoms with Crippen LogP contribution in [0, 0.1) is 17.0 Å². The lowest BCUT2D eigenvalue weighted by Gasteiger charge is -2.04. The van der Waals surface area contributed by atoms with Crippen LogP contribution in [0.1, 0.15) is 5.56 Å². The third-order valence-corrected chi connectivity index (χ3v) is 1.63. The van der Waals surface area contributed by atoms with Crippen LogP contribution in [0.3, 0.4) is 0 Å². The van der Waals surface area contributed by atoms with Crippen molar-refractivity contribution in [2.24, 2.45) is 5.73 Å². The minimum Gasteiger partial charge on any atom is -0.471 e. The van der Waals surface area contributed by atoms with E-state index < -0.39 is 4.92 Å². The molecule has 1 heterocycles. The lowest BCUT2D eigenvalue weighted by atomic mass is 10.2. The van der Waals surface area contributed by atoms with Crippen molar-refractivity contribution >= 4 is 5.69 Å². The number of rotatable bonds is 4. The largest absolute Gasteiger partial charge is 0.471 e. The normalized spacial score (nSPS) is 9.86. The van der Waals surface area contributed by atoms with E-state index >= 15 is 0 Å². The first kappa shape index (κ1) is 10.4. The summed E-state index contributed by atoms with van der Waals surface area (Å²) in [6, 6.07) is 1.56. The quantitative estimate of drug-likeness (QED) is 0.564. The molecule has 2 N–H and O–H groups in total. The maximum Gasteiger partial charge on any atom is 0.333 e. The van der Waals surface area contributed by atoms with E-state index in [0.29, 0.717) is 12.1 Å². The highest BCUT2D eigenvalue weighted by molar-refractivity contribution is 5.47. The number of ether oxygens (including phenoxy) is 1. The third-order valence-electron chi connectivity index (χ3n) is 1.63. The number of pyridine rings is 1. The minimum absolute atomic E-state index is 0.0282. The summed E-state index contributed by atoms with van der Waals surface area (Å²) in [5.41, 5.74) is 5.65. The Morgan fingerprint density at radius 2 is 2.43 bits per heavy atom. The van der Waals surface area contributed by atoms with Crippen LogP contribution in [0.15, 0.2) is 12.3 Å². The standard InChI is InChI=1S/C8H11N3O3/c1-6-2-4-10-8(14-5-3-9)7(6)11(12)13/h2,4H,3,5,9H2,1H3. The molecule has 0 radical (unpaired) electrons. The van der Waals surface area contributed by atoms with Gasteiger partial charge in [0.2, 0.25) is 0 Å². The Hall–Kier alpha value is -1.69. The van der Waals surface area contributed by atoms with Gasteiger partial charge in [-0.1, -0.05) is 0 Å². The van der Waals surface area contributed by atoms with Gasteiger partial charge in [-0.2, -0.15) is 0 Å². The molecule has 76 valence electrons. The van der Waals surface area contributed by atoms with E-state index in [2.05, 4.69) is 4.98 Å². The summed E-state index contributed by atoms with van der Waals surface area (Å²) < 4.78 is 5.05. The summed E-state index contributed by atoms with van der Waals surface area (Å²) in [7, 11) is 0. The van der Waals surface area contributed by atoms with E-state index in [1.165, 1.54) is 6.20 Å². The van der Waals surface area contributed by atoms with Crippen LogP contribution in [-0.4, -0.2) is 23.1 Å². The van der Waals surface area contributed by atoms with Crippen LogP contribution in [0.25, 0.3) is 0 Å². The van der Waals surface area contributed by atoms with Crippen LogP contribution in [0.4, 0.5) is 5.69 Å². The van der Waals surface area contributed by atoms with Gasteiger partial charge in [-0.25, -0.2) is 4.98 Å². The second kappa shape index (κ2) is 4.52. The van der Waals surface area contributed by atoms with Crippen molar-refractivity contribution in [3.05, 3.63) is 27.9 Å². The van der Waals surface area contributed by atoms with Gasteiger partial charge in [0.15, 0.2) is 0 Å². The molecule has 0 bridgehead atoms. The summed E-state index contributed by atoms with van der Waals surface area (Å²) in [6.07, 6.45) is 1.47.